The Morgan fingerprint density at radius 2 is 0.522 bits per heavy atom. The molecular weight excluding hydrogens is 1690 g/mol. The van der Waals surface area contributed by atoms with Crippen LogP contribution in [0.4, 0.5) is 11.4 Å². The molecule has 0 atom stereocenters. The van der Waals surface area contributed by atoms with Gasteiger partial charge in [0, 0.05) is 81.9 Å². The van der Waals surface area contributed by atoms with Gasteiger partial charge in [-0.1, -0.05) is 243 Å². The van der Waals surface area contributed by atoms with Gasteiger partial charge in [0.2, 0.25) is 0 Å². The molecule has 5 aliphatic rings. The minimum absolute atomic E-state index is 0.478. The summed E-state index contributed by atoms with van der Waals surface area (Å²) in [5.41, 5.74) is 50.2. The molecule has 16 bridgehead atoms. The molecule has 0 radical (unpaired) electrons. The first-order chi connectivity index (χ1) is 67.5. The highest BCUT2D eigenvalue weighted by molar-refractivity contribution is 6.08. The van der Waals surface area contributed by atoms with Crippen molar-refractivity contribution < 1.29 is 18.9 Å². The van der Waals surface area contributed by atoms with Crippen molar-refractivity contribution in [3.05, 3.63) is 224 Å². The van der Waals surface area contributed by atoms with E-state index in [1.807, 2.05) is 0 Å². The van der Waals surface area contributed by atoms with Crippen LogP contribution in [0.1, 0.15) is 353 Å². The number of unbranched alkanes of at least 4 members (excludes halogenated alkanes) is 16. The number of rotatable bonds is 38. The van der Waals surface area contributed by atoms with E-state index >= 15 is 0 Å². The van der Waals surface area contributed by atoms with Gasteiger partial charge in [-0.3, -0.25) is 0 Å². The van der Waals surface area contributed by atoms with Crippen LogP contribution in [0.25, 0.3) is 133 Å². The number of aryl methyl sites for hydroxylation is 8. The molecular formula is C124H162N10O4. The van der Waals surface area contributed by atoms with E-state index in [9.17, 15) is 0 Å². The molecule has 6 aromatic heterocycles. The van der Waals surface area contributed by atoms with E-state index in [0.29, 0.717) is 79.0 Å². The lowest BCUT2D eigenvalue weighted by Gasteiger charge is -2.26. The second-order valence-corrected chi connectivity index (χ2v) is 39.8. The second-order valence-electron chi connectivity index (χ2n) is 39.8. The van der Waals surface area contributed by atoms with Crippen molar-refractivity contribution in [1.82, 2.24) is 39.9 Å². The summed E-state index contributed by atoms with van der Waals surface area (Å²) in [5.74, 6) is 0. The Balaban J connectivity index is 0.763. The molecule has 10 aromatic rings. The summed E-state index contributed by atoms with van der Waals surface area (Å²) in [7, 11) is 0. The Morgan fingerprint density at radius 1 is 0.246 bits per heavy atom. The zero-order valence-corrected chi connectivity index (χ0v) is 87.1. The fourth-order valence-corrected chi connectivity index (χ4v) is 22.0. The summed E-state index contributed by atoms with van der Waals surface area (Å²) in [6.07, 6.45) is 35.0. The monoisotopic (exact) mass is 1860 g/mol. The molecule has 5 aliphatic heterocycles. The quantitative estimate of drug-likeness (QED) is 0.0275. The van der Waals surface area contributed by atoms with Crippen LogP contribution in [0.5, 0.6) is 0 Å². The van der Waals surface area contributed by atoms with Crippen LogP contribution in [0.2, 0.25) is 0 Å². The molecule has 0 saturated carbocycles. The lowest BCUT2D eigenvalue weighted by atomic mass is 9.91. The third-order valence-corrected chi connectivity index (χ3v) is 30.3. The van der Waals surface area contributed by atoms with Gasteiger partial charge in [-0.25, -0.2) is 19.9 Å². The van der Waals surface area contributed by atoms with Crippen molar-refractivity contribution in [2.45, 2.75) is 316 Å². The first-order valence-corrected chi connectivity index (χ1v) is 54.1. The zero-order valence-electron chi connectivity index (χ0n) is 87.1. The van der Waals surface area contributed by atoms with E-state index in [0.717, 1.165) is 301 Å². The lowest BCUT2D eigenvalue weighted by molar-refractivity contribution is 0.0436. The van der Waals surface area contributed by atoms with Gasteiger partial charge in [0.1, 0.15) is 0 Å². The lowest BCUT2D eigenvalue weighted by Crippen LogP contribution is -2.33. The fourth-order valence-electron chi connectivity index (χ4n) is 22.0. The highest BCUT2D eigenvalue weighted by atomic mass is 16.5. The van der Waals surface area contributed by atoms with E-state index in [1.165, 1.54) is 139 Å². The molecule has 15 rings (SSSR count). The van der Waals surface area contributed by atoms with Crippen LogP contribution in [0, 0.1) is 27.7 Å². The summed E-state index contributed by atoms with van der Waals surface area (Å²) in [6.45, 7) is 44.1. The maximum atomic E-state index is 6.60. The van der Waals surface area contributed by atoms with Crippen molar-refractivity contribution in [3.8, 4) is 44.5 Å². The summed E-state index contributed by atoms with van der Waals surface area (Å²) in [5, 5.41) is 0. The van der Waals surface area contributed by atoms with Gasteiger partial charge in [0.05, 0.1) is 120 Å². The van der Waals surface area contributed by atoms with Gasteiger partial charge in [-0.15, -0.1) is 0 Å². The fraction of sp³-hybridized carbons (Fsp3) is 0.484. The largest absolute Gasteiger partial charge is 0.377 e. The van der Waals surface area contributed by atoms with Gasteiger partial charge in [0.15, 0.2) is 0 Å². The Morgan fingerprint density at radius 3 is 0.841 bits per heavy atom. The molecule has 14 nitrogen and oxygen atoms in total. The smallest absolute Gasteiger partial charge is 0.0772 e. The second kappa shape index (κ2) is 50.1. The van der Waals surface area contributed by atoms with Crippen molar-refractivity contribution >= 4 is 100 Å². The minimum Gasteiger partial charge on any atom is -0.377 e. The standard InChI is InChI=1S/C124H162N10O4/c1-17-25-35-51-97-83(9)105-79-107-85(11)101(55-39-29-21-5)121(127-107)115(123-103(57-41-31-23-7)89(15)119(131-123)113(91-47-43-33-44-48-91)117-87(13)99(53-37-27-19-3)111(129-117)81-109(97)125-105)93-59-63-95(64-60-93)133-67-71-135-75-77-137-73-69-134(70-74-138-78-76-136-72-68-133)96-65-61-94(62-66-96)116-122-102(56-40-30-22-6)86(12)108(128-122)80-106-84(10)98(52-36-26-18-2)110(126-106)82-112-100(54-38-28-20-4)88(14)118(130-112)114(92-49-45-34-46-50-92)120-90(16)104(124(116)132-120)58-42-32-24-8/h33-34,43-50,59-66,79-82,127-130H,17-32,35-42,51-58,67-78H2,1-16H3. The zero-order chi connectivity index (χ0) is 96.6. The van der Waals surface area contributed by atoms with Crippen molar-refractivity contribution in [1.29, 1.82) is 0 Å². The van der Waals surface area contributed by atoms with Gasteiger partial charge in [-0.05, 0) is 318 Å². The number of aromatic nitrogens is 8. The van der Waals surface area contributed by atoms with E-state index in [1.54, 1.807) is 0 Å². The van der Waals surface area contributed by atoms with Crippen LogP contribution < -0.4 is 9.80 Å². The number of anilines is 2. The number of nitrogens with one attached hydrogen (secondary N) is 4. The molecule has 14 heteroatoms. The summed E-state index contributed by atoms with van der Waals surface area (Å²) < 4.78 is 26.4. The maximum absolute atomic E-state index is 6.60. The Labute approximate surface area is 826 Å². The number of benzene rings is 4. The van der Waals surface area contributed by atoms with Crippen LogP contribution in [-0.4, -0.2) is 119 Å². The highest BCUT2D eigenvalue weighted by Gasteiger charge is 2.33. The predicted octanol–water partition coefficient (Wildman–Crippen LogP) is 33.2. The molecule has 732 valence electrons. The van der Waals surface area contributed by atoms with Crippen LogP contribution in [0.15, 0.2) is 133 Å². The SMILES string of the molecule is CCCCCC1=C(C)c2cc3[nH]c(c(CCCCC)c3C)c(-c3ccc(N4CCOCCOCCN(c5ccc(-c6c7nc(c(-c8ccccc8)c8[nH]c(cc9nc(cc%10[nH]c6c(CCCCC)c%10C)C(C)=C9CCCCC)c(CCCCC)c8C)C(C)=C7CCCCC)cc5)CCOCCOCC4)cc3)c3nc(c(-c4ccccc4)c4[nH]c(cc1n2)c(CCCCC)c4C)C(C)=C3CCCCC. The molecule has 11 heterocycles. The number of hydrogen-bond donors (Lipinski definition) is 4. The number of H-pyrrole nitrogens is 4. The van der Waals surface area contributed by atoms with E-state index in [4.69, 9.17) is 38.9 Å². The number of hydrogen-bond acceptors (Lipinski definition) is 10. The van der Waals surface area contributed by atoms with Crippen LogP contribution in [-0.2, 0) is 44.6 Å². The molecule has 1 fully saturated rings. The van der Waals surface area contributed by atoms with Crippen molar-refractivity contribution in [2.75, 3.05) is 88.8 Å². The minimum atomic E-state index is 0.478. The van der Waals surface area contributed by atoms with Gasteiger partial charge in [-0.2, -0.15) is 0 Å². The summed E-state index contributed by atoms with van der Waals surface area (Å²) >= 11 is 0. The van der Waals surface area contributed by atoms with E-state index in [2.05, 4.69) is 274 Å². The third-order valence-electron chi connectivity index (χ3n) is 30.3. The average Bonchev–Trinajstić information content (AvgIpc) is 1.58. The molecule has 0 unspecified atom stereocenters. The van der Waals surface area contributed by atoms with E-state index in [-0.39, 0.29) is 0 Å². The van der Waals surface area contributed by atoms with Crippen molar-refractivity contribution in [2.24, 2.45) is 0 Å². The molecule has 0 aliphatic carbocycles. The number of ether oxygens (including phenoxy) is 4. The molecule has 1 saturated heterocycles. The van der Waals surface area contributed by atoms with Gasteiger partial charge >= 0.3 is 0 Å². The molecule has 4 aromatic carbocycles. The molecule has 0 amide bonds. The van der Waals surface area contributed by atoms with Crippen LogP contribution in [0.3, 0.4) is 0 Å². The predicted molar refractivity (Wildman–Crippen MR) is 590 cm³/mol. The first-order valence-electron chi connectivity index (χ1n) is 54.1. The van der Waals surface area contributed by atoms with Crippen molar-refractivity contribution in [3.63, 3.8) is 0 Å². The normalized spacial score (nSPS) is 14.7. The topological polar surface area (TPSA) is 158 Å². The first kappa shape index (κ1) is 102. The van der Waals surface area contributed by atoms with Crippen LogP contribution >= 0.6 is 0 Å². The van der Waals surface area contributed by atoms with E-state index < -0.39 is 0 Å². The summed E-state index contributed by atoms with van der Waals surface area (Å²) in [6, 6.07) is 50.7. The Kier molecular flexibility index (Phi) is 37.0. The molecule has 138 heavy (non-hydrogen) atoms. The third kappa shape index (κ3) is 23.5. The number of aromatic amines is 4. The van der Waals surface area contributed by atoms with Gasteiger partial charge in [0.25, 0.3) is 0 Å². The Hall–Kier alpha value is -10.5. The number of fused-ring (bicyclic) bond motifs is 16. The van der Waals surface area contributed by atoms with Gasteiger partial charge < -0.3 is 48.7 Å². The molecule has 0 spiro atoms. The maximum Gasteiger partial charge on any atom is 0.0772 e. The number of nitrogens with zero attached hydrogens (tertiary/aromatic N) is 6. The highest BCUT2D eigenvalue weighted by Crippen LogP contribution is 2.50. The average molecular weight is 1860 g/mol. The number of allylic oxidation sites excluding steroid dienone is 8. The molecule has 4 N–H and O–H groups in total. The Bertz CT molecular complexity index is 5900. The summed E-state index contributed by atoms with van der Waals surface area (Å²) in [4.78, 5) is 45.6.